The molecule has 1 N–H and O–H groups in total. The third-order valence-corrected chi connectivity index (χ3v) is 7.11. The lowest BCUT2D eigenvalue weighted by atomic mass is 9.91. The molecule has 0 unspecified atom stereocenters. The van der Waals surface area contributed by atoms with Crippen molar-refractivity contribution in [3.63, 3.8) is 0 Å². The van der Waals surface area contributed by atoms with Crippen LogP contribution < -0.4 is 10.1 Å². The Morgan fingerprint density at radius 3 is 2.41 bits per heavy atom. The van der Waals surface area contributed by atoms with Gasteiger partial charge in [0.05, 0.1) is 23.9 Å². The highest BCUT2D eigenvalue weighted by atomic mass is 19.1. The second-order valence-corrected chi connectivity index (χ2v) is 9.38. The number of imide groups is 2. The van der Waals surface area contributed by atoms with Gasteiger partial charge in [0.25, 0.3) is 11.8 Å². The fraction of sp³-hybridized carbons (Fsp3) is 0.259. The van der Waals surface area contributed by atoms with Gasteiger partial charge in [-0.2, -0.15) is 5.01 Å². The largest absolute Gasteiger partial charge is 0.464 e. The molecular weight excluding hydrogens is 479 g/mol. The summed E-state index contributed by atoms with van der Waals surface area (Å²) in [6, 6.07) is 8.97. The zero-order valence-electron chi connectivity index (χ0n) is 19.8. The lowest BCUT2D eigenvalue weighted by Gasteiger charge is -2.32. The molecule has 0 radical (unpaired) electrons. The minimum absolute atomic E-state index is 0.0167. The number of allylic oxidation sites excluding steroid dienone is 2. The zero-order valence-corrected chi connectivity index (χ0v) is 19.8. The van der Waals surface area contributed by atoms with Crippen molar-refractivity contribution in [1.82, 2.24) is 20.2 Å². The first kappa shape index (κ1) is 23.1. The monoisotopic (exact) mass is 502 g/mol. The third-order valence-electron chi connectivity index (χ3n) is 7.11. The fourth-order valence-corrected chi connectivity index (χ4v) is 5.24. The number of nitrogens with zero attached hydrogens (tertiary/aromatic N) is 3. The number of hydrazine groups is 1. The molecule has 5 amide bonds. The average Bonchev–Trinajstić information content (AvgIpc) is 3.13. The van der Waals surface area contributed by atoms with Crippen LogP contribution in [0.1, 0.15) is 51.1 Å². The van der Waals surface area contributed by atoms with E-state index in [4.69, 9.17) is 4.74 Å². The smallest absolute Gasteiger partial charge is 0.343 e. The van der Waals surface area contributed by atoms with Crippen molar-refractivity contribution < 1.29 is 28.3 Å². The van der Waals surface area contributed by atoms with Crippen LogP contribution >= 0.6 is 0 Å². The number of benzene rings is 2. The first-order valence-corrected chi connectivity index (χ1v) is 12.1. The van der Waals surface area contributed by atoms with Gasteiger partial charge < -0.3 is 4.74 Å². The van der Waals surface area contributed by atoms with Gasteiger partial charge in [-0.05, 0) is 54.3 Å². The molecule has 2 aromatic rings. The maximum atomic E-state index is 13.6. The molecule has 0 atom stereocenters. The van der Waals surface area contributed by atoms with E-state index in [1.54, 1.807) is 24.5 Å². The van der Waals surface area contributed by atoms with E-state index >= 15 is 0 Å². The number of hydrogen-bond acceptors (Lipinski definition) is 6. The Hall–Kier alpha value is -4.31. The minimum Gasteiger partial charge on any atom is -0.464 e. The third kappa shape index (κ3) is 4.09. The van der Waals surface area contributed by atoms with E-state index in [-0.39, 0.29) is 29.9 Å². The van der Waals surface area contributed by atoms with Crippen molar-refractivity contribution in [1.29, 1.82) is 0 Å². The number of hydrogen-bond donors (Lipinski definition) is 1. The molecule has 2 fully saturated rings. The first-order valence-electron chi connectivity index (χ1n) is 12.1. The molecule has 0 aliphatic carbocycles. The summed E-state index contributed by atoms with van der Waals surface area (Å²) in [5.74, 6) is -1.40. The molecule has 0 spiro atoms. The van der Waals surface area contributed by atoms with Crippen LogP contribution in [0.25, 0.3) is 5.57 Å². The highest BCUT2D eigenvalue weighted by Gasteiger charge is 2.43. The standard InChI is InChI=1S/C27H23FN4O5/c28-18-2-4-20-19(8-12-37-23(20)14-18)17-5-9-30(10-6-17)15-16-1-3-21-22(13-16)26(35)32(25(21)34)31-11-7-24(33)29-27(31)36/h1-4,8,12-14H,5-7,9-11,15H2,(H,29,33,36). The summed E-state index contributed by atoms with van der Waals surface area (Å²) in [6.07, 6.45) is 5.22. The maximum absolute atomic E-state index is 13.6. The number of fused-ring (bicyclic) bond motifs is 2. The Morgan fingerprint density at radius 1 is 0.865 bits per heavy atom. The predicted molar refractivity (Wildman–Crippen MR) is 129 cm³/mol. The highest BCUT2D eigenvalue weighted by Crippen LogP contribution is 2.37. The fourth-order valence-electron chi connectivity index (χ4n) is 5.24. The lowest BCUT2D eigenvalue weighted by molar-refractivity contribution is -0.122. The highest BCUT2D eigenvalue weighted by molar-refractivity contribution is 6.22. The molecule has 0 bridgehead atoms. The van der Waals surface area contributed by atoms with Gasteiger partial charge in [-0.3, -0.25) is 24.6 Å². The molecule has 37 heavy (non-hydrogen) atoms. The van der Waals surface area contributed by atoms with Gasteiger partial charge in [0.15, 0.2) is 0 Å². The molecule has 10 heteroatoms. The van der Waals surface area contributed by atoms with E-state index in [0.29, 0.717) is 12.3 Å². The number of likely N-dealkylation sites (tertiary alicyclic amines) is 1. The van der Waals surface area contributed by atoms with Crippen LogP contribution in [0.5, 0.6) is 5.75 Å². The molecule has 4 aliphatic heterocycles. The number of carbonyl (C=O) groups excluding carboxylic acids is 4. The summed E-state index contributed by atoms with van der Waals surface area (Å²) in [5.41, 5.74) is 4.64. The number of amides is 5. The normalized spacial score (nSPS) is 19.7. The number of carbonyl (C=O) groups is 4. The average molecular weight is 503 g/mol. The van der Waals surface area contributed by atoms with Gasteiger partial charge in [-0.15, -0.1) is 0 Å². The first-order chi connectivity index (χ1) is 17.9. The summed E-state index contributed by atoms with van der Waals surface area (Å²) >= 11 is 0. The summed E-state index contributed by atoms with van der Waals surface area (Å²) < 4.78 is 19.1. The predicted octanol–water partition coefficient (Wildman–Crippen LogP) is 3.23. The van der Waals surface area contributed by atoms with Gasteiger partial charge in [0.1, 0.15) is 11.6 Å². The summed E-state index contributed by atoms with van der Waals surface area (Å²) in [4.78, 5) is 51.9. The topological polar surface area (TPSA) is 99.3 Å². The number of ether oxygens (including phenoxy) is 1. The van der Waals surface area contributed by atoms with Crippen molar-refractivity contribution in [2.45, 2.75) is 25.8 Å². The Bertz CT molecular complexity index is 1420. The summed E-state index contributed by atoms with van der Waals surface area (Å²) in [7, 11) is 0. The number of piperidine rings is 1. The van der Waals surface area contributed by atoms with E-state index in [0.717, 1.165) is 52.6 Å². The van der Waals surface area contributed by atoms with Crippen LogP contribution in [0.3, 0.4) is 0 Å². The molecule has 0 aromatic heterocycles. The van der Waals surface area contributed by atoms with Crippen molar-refractivity contribution in [3.05, 3.63) is 82.4 Å². The molecule has 6 rings (SSSR count). The number of rotatable bonds is 3. The molecule has 2 aromatic carbocycles. The summed E-state index contributed by atoms with van der Waals surface area (Å²) in [6.45, 7) is 2.19. The molecule has 4 aliphatic rings. The molecule has 188 valence electrons. The molecule has 9 nitrogen and oxygen atoms in total. The minimum atomic E-state index is -0.781. The molecule has 4 heterocycles. The Labute approximate surface area is 211 Å². The van der Waals surface area contributed by atoms with Gasteiger partial charge in [-0.25, -0.2) is 14.2 Å². The second kappa shape index (κ2) is 8.97. The van der Waals surface area contributed by atoms with Gasteiger partial charge >= 0.3 is 6.03 Å². The van der Waals surface area contributed by atoms with Gasteiger partial charge in [0.2, 0.25) is 5.91 Å². The van der Waals surface area contributed by atoms with Crippen LogP contribution in [0.15, 0.2) is 54.3 Å². The van der Waals surface area contributed by atoms with Crippen molar-refractivity contribution in [2.75, 3.05) is 19.6 Å². The Balaban J connectivity index is 1.15. The SMILES string of the molecule is O=C1CCN(N2C(=O)c3ccc(CN4CCC(=C5C=COc6cc(F)ccc65)CC4)cc3C2=O)C(=O)N1. The summed E-state index contributed by atoms with van der Waals surface area (Å²) in [5, 5.41) is 3.95. The van der Waals surface area contributed by atoms with Crippen molar-refractivity contribution in [3.8, 4) is 5.75 Å². The second-order valence-electron chi connectivity index (χ2n) is 9.38. The number of nitrogens with one attached hydrogen (secondary N) is 1. The Morgan fingerprint density at radius 2 is 1.62 bits per heavy atom. The van der Waals surface area contributed by atoms with Gasteiger partial charge in [-0.1, -0.05) is 11.6 Å². The van der Waals surface area contributed by atoms with Gasteiger partial charge in [0, 0.05) is 37.7 Å². The van der Waals surface area contributed by atoms with Crippen LogP contribution in [0, 0.1) is 5.82 Å². The van der Waals surface area contributed by atoms with E-state index < -0.39 is 23.8 Å². The van der Waals surface area contributed by atoms with E-state index in [2.05, 4.69) is 10.2 Å². The van der Waals surface area contributed by atoms with Crippen molar-refractivity contribution >= 4 is 29.3 Å². The van der Waals surface area contributed by atoms with Crippen LogP contribution in [0.4, 0.5) is 9.18 Å². The number of urea groups is 1. The molecule has 2 saturated heterocycles. The number of halogens is 1. The van der Waals surface area contributed by atoms with E-state index in [1.165, 1.54) is 17.7 Å². The van der Waals surface area contributed by atoms with Crippen molar-refractivity contribution in [2.24, 2.45) is 0 Å². The van der Waals surface area contributed by atoms with Crippen LogP contribution in [0.2, 0.25) is 0 Å². The lowest BCUT2D eigenvalue weighted by Crippen LogP contribution is -2.58. The van der Waals surface area contributed by atoms with Crippen LogP contribution in [-0.2, 0) is 11.3 Å². The zero-order chi connectivity index (χ0) is 25.7. The van der Waals surface area contributed by atoms with E-state index in [9.17, 15) is 23.6 Å². The quantitative estimate of drug-likeness (QED) is 0.647. The molecular formula is C27H23FN4O5. The van der Waals surface area contributed by atoms with Crippen LogP contribution in [-0.4, -0.2) is 58.3 Å². The maximum Gasteiger partial charge on any atom is 0.343 e. The van der Waals surface area contributed by atoms with E-state index in [1.807, 2.05) is 12.1 Å². The Kier molecular flexibility index (Phi) is 5.60. The molecule has 0 saturated carbocycles.